The van der Waals surface area contributed by atoms with Crippen LogP contribution in [0.3, 0.4) is 0 Å². The lowest BCUT2D eigenvalue weighted by atomic mass is 10.0. The Bertz CT molecular complexity index is 1310. The largest absolute Gasteiger partial charge is 0.461 e. The van der Waals surface area contributed by atoms with Crippen LogP contribution >= 0.6 is 0 Å². The van der Waals surface area contributed by atoms with Crippen LogP contribution in [0.25, 0.3) is 0 Å². The van der Waals surface area contributed by atoms with Gasteiger partial charge < -0.3 is 31.2 Å². The fourth-order valence-electron chi connectivity index (χ4n) is 3.49. The number of hydrogen-bond donors (Lipinski definition) is 4. The molecule has 0 spiro atoms. The van der Waals surface area contributed by atoms with Gasteiger partial charge in [-0.25, -0.2) is 8.78 Å². The first-order valence-electron chi connectivity index (χ1n) is 14.5. The highest BCUT2D eigenvalue weighted by Gasteiger charge is 2.25. The first-order valence-corrected chi connectivity index (χ1v) is 14.5. The van der Waals surface area contributed by atoms with Crippen molar-refractivity contribution in [1.29, 1.82) is 0 Å². The van der Waals surface area contributed by atoms with Crippen molar-refractivity contribution in [3.8, 4) is 5.75 Å². The van der Waals surface area contributed by atoms with Crippen LogP contribution in [0.15, 0.2) is 30.3 Å². The number of nitrogens with one attached hydrogen (secondary N) is 3. The number of carbonyl (C=O) groups excluding carboxylic acids is 5. The molecule has 11 nitrogen and oxygen atoms in total. The van der Waals surface area contributed by atoms with Crippen LogP contribution in [0.2, 0.25) is 0 Å². The maximum atomic E-state index is 13.6. The topological polar surface area (TPSA) is 166 Å². The third-order valence-corrected chi connectivity index (χ3v) is 5.98. The van der Waals surface area contributed by atoms with E-state index in [2.05, 4.69) is 27.6 Å². The fourth-order valence-corrected chi connectivity index (χ4v) is 3.49. The van der Waals surface area contributed by atoms with Crippen LogP contribution in [-0.2, 0) is 35.3 Å². The van der Waals surface area contributed by atoms with Gasteiger partial charge >= 0.3 is 11.9 Å². The standard InChI is InChI=1S/C28H31F4N3O7.C3H9N/c1-15(2)26(28(40)33-13-22(38)34-18-10-8-17(9-11-18)14-41-16(3)36)35-21(37)6-4-5-7-23(39)42-27-24(31)19(29)12-20(30)25(27)32;1-2-3-4/h8-12,15,26H,4-7,13-14H2,1-3H3,(H,33,40)(H,34,38)(H,35,37);2-4H2,1H3. The summed E-state index contributed by atoms with van der Waals surface area (Å²) >= 11 is 0. The number of anilines is 1. The fraction of sp³-hybridized carbons (Fsp3) is 0.452. The van der Waals surface area contributed by atoms with E-state index in [9.17, 15) is 41.5 Å². The van der Waals surface area contributed by atoms with E-state index in [-0.39, 0.29) is 44.4 Å². The second-order valence-electron chi connectivity index (χ2n) is 10.3. The van der Waals surface area contributed by atoms with Crippen LogP contribution in [0, 0.1) is 29.2 Å². The summed E-state index contributed by atoms with van der Waals surface area (Å²) in [4.78, 5) is 60.0. The summed E-state index contributed by atoms with van der Waals surface area (Å²) in [5, 5.41) is 7.61. The van der Waals surface area contributed by atoms with Gasteiger partial charge in [0.25, 0.3) is 0 Å². The van der Waals surface area contributed by atoms with Crippen LogP contribution in [-0.4, -0.2) is 48.8 Å². The van der Waals surface area contributed by atoms with E-state index in [0.717, 1.165) is 18.5 Å². The Morgan fingerprint density at radius 2 is 1.46 bits per heavy atom. The molecule has 46 heavy (non-hydrogen) atoms. The smallest absolute Gasteiger partial charge is 0.311 e. The molecule has 1 unspecified atom stereocenters. The molecule has 2 aromatic rings. The number of esters is 2. The highest BCUT2D eigenvalue weighted by molar-refractivity contribution is 5.96. The lowest BCUT2D eigenvalue weighted by molar-refractivity contribution is -0.142. The summed E-state index contributed by atoms with van der Waals surface area (Å²) in [7, 11) is 0. The van der Waals surface area contributed by atoms with Gasteiger partial charge in [-0.1, -0.05) is 32.9 Å². The summed E-state index contributed by atoms with van der Waals surface area (Å²) < 4.78 is 63.0. The number of carbonyl (C=O) groups is 5. The number of benzene rings is 2. The van der Waals surface area contributed by atoms with Crippen molar-refractivity contribution in [3.05, 3.63) is 59.2 Å². The van der Waals surface area contributed by atoms with Gasteiger partial charge in [-0.3, -0.25) is 24.0 Å². The molecule has 3 amide bonds. The van der Waals surface area contributed by atoms with Crippen molar-refractivity contribution in [2.45, 2.75) is 72.4 Å². The predicted molar refractivity (Wildman–Crippen MR) is 160 cm³/mol. The van der Waals surface area contributed by atoms with Gasteiger partial charge in [-0.15, -0.1) is 0 Å². The molecule has 0 aliphatic heterocycles. The minimum absolute atomic E-state index is 0.0170. The average molecular weight is 657 g/mol. The second-order valence-corrected chi connectivity index (χ2v) is 10.3. The highest BCUT2D eigenvalue weighted by atomic mass is 19.2. The molecule has 2 aromatic carbocycles. The van der Waals surface area contributed by atoms with Gasteiger partial charge in [0, 0.05) is 31.5 Å². The zero-order chi connectivity index (χ0) is 34.8. The van der Waals surface area contributed by atoms with Gasteiger partial charge in [0.1, 0.15) is 12.6 Å². The zero-order valence-electron chi connectivity index (χ0n) is 26.1. The number of nitrogens with two attached hydrogens (primary N) is 1. The molecule has 0 aliphatic carbocycles. The van der Waals surface area contributed by atoms with Gasteiger partial charge in [-0.2, -0.15) is 8.78 Å². The van der Waals surface area contributed by atoms with Gasteiger partial charge in [0.05, 0.1) is 6.54 Å². The quantitative estimate of drug-likeness (QED) is 0.0734. The van der Waals surface area contributed by atoms with Gasteiger partial charge in [0.2, 0.25) is 35.1 Å². The van der Waals surface area contributed by atoms with Crippen molar-refractivity contribution in [2.24, 2.45) is 11.7 Å². The van der Waals surface area contributed by atoms with E-state index >= 15 is 0 Å². The molecule has 0 heterocycles. The van der Waals surface area contributed by atoms with E-state index in [0.29, 0.717) is 5.69 Å². The van der Waals surface area contributed by atoms with E-state index < -0.39 is 71.1 Å². The zero-order valence-corrected chi connectivity index (χ0v) is 26.1. The summed E-state index contributed by atoms with van der Waals surface area (Å²) in [5.74, 6) is -12.2. The van der Waals surface area contributed by atoms with Gasteiger partial charge in [-0.05, 0) is 49.4 Å². The maximum Gasteiger partial charge on any atom is 0.311 e. The van der Waals surface area contributed by atoms with E-state index in [1.807, 2.05) is 0 Å². The molecule has 0 saturated heterocycles. The Morgan fingerprint density at radius 1 is 0.891 bits per heavy atom. The Hall–Kier alpha value is -4.53. The predicted octanol–water partition coefficient (Wildman–Crippen LogP) is 4.02. The Kier molecular flexibility index (Phi) is 17.6. The first kappa shape index (κ1) is 39.5. The number of unbranched alkanes of at least 4 members (excludes halogenated alkanes) is 1. The third-order valence-electron chi connectivity index (χ3n) is 5.98. The van der Waals surface area contributed by atoms with E-state index in [1.54, 1.807) is 38.1 Å². The maximum absolute atomic E-state index is 13.6. The minimum Gasteiger partial charge on any atom is -0.461 e. The molecule has 0 aliphatic rings. The number of rotatable bonds is 15. The molecule has 5 N–H and O–H groups in total. The van der Waals surface area contributed by atoms with E-state index in [1.165, 1.54) is 6.92 Å². The Morgan fingerprint density at radius 3 is 1.98 bits per heavy atom. The molecule has 0 aromatic heterocycles. The Balaban J connectivity index is 0.00000249. The molecule has 254 valence electrons. The molecule has 0 radical (unpaired) electrons. The lowest BCUT2D eigenvalue weighted by Crippen LogP contribution is -2.51. The van der Waals surface area contributed by atoms with Crippen LogP contribution < -0.4 is 26.4 Å². The molecule has 1 atom stereocenters. The van der Waals surface area contributed by atoms with Crippen molar-refractivity contribution in [3.63, 3.8) is 0 Å². The molecule has 0 saturated carbocycles. The van der Waals surface area contributed by atoms with Crippen LogP contribution in [0.4, 0.5) is 23.2 Å². The monoisotopic (exact) mass is 656 g/mol. The summed E-state index contributed by atoms with van der Waals surface area (Å²) in [6.07, 6.45) is 0.742. The molecule has 2 rings (SSSR count). The number of halogens is 4. The molecular formula is C31H40F4N4O7. The summed E-state index contributed by atoms with van der Waals surface area (Å²) in [6, 6.07) is 5.55. The number of hydrogen-bond acceptors (Lipinski definition) is 8. The van der Waals surface area contributed by atoms with Crippen molar-refractivity contribution in [1.82, 2.24) is 10.6 Å². The third kappa shape index (κ3) is 14.5. The second kappa shape index (κ2) is 20.5. The van der Waals surface area contributed by atoms with Crippen molar-refractivity contribution < 1.29 is 51.0 Å². The van der Waals surface area contributed by atoms with Crippen LogP contribution in [0.1, 0.15) is 65.4 Å². The minimum atomic E-state index is -1.84. The highest BCUT2D eigenvalue weighted by Crippen LogP contribution is 2.27. The van der Waals surface area contributed by atoms with E-state index in [4.69, 9.17) is 10.5 Å². The molecule has 0 fully saturated rings. The normalized spacial score (nSPS) is 11.1. The summed E-state index contributed by atoms with van der Waals surface area (Å²) in [5.41, 5.74) is 6.20. The Labute approximate surface area is 264 Å². The SMILES string of the molecule is CC(=O)OCc1ccc(NC(=O)CNC(=O)C(NC(=O)CCCCC(=O)Oc2c(F)c(F)cc(F)c2F)C(C)C)cc1.CCCN. The molecule has 15 heteroatoms. The van der Waals surface area contributed by atoms with Crippen molar-refractivity contribution >= 4 is 35.3 Å². The molecule has 0 bridgehead atoms. The van der Waals surface area contributed by atoms with Crippen molar-refractivity contribution in [2.75, 3.05) is 18.4 Å². The van der Waals surface area contributed by atoms with Crippen LogP contribution in [0.5, 0.6) is 5.75 Å². The molecular weight excluding hydrogens is 616 g/mol. The lowest BCUT2D eigenvalue weighted by Gasteiger charge is -2.21. The average Bonchev–Trinajstić information content (AvgIpc) is 3.01. The summed E-state index contributed by atoms with van der Waals surface area (Å²) in [6.45, 7) is 7.26. The first-order chi connectivity index (χ1) is 21.7. The van der Waals surface area contributed by atoms with Gasteiger partial charge in [0.15, 0.2) is 11.6 Å². The number of ether oxygens (including phenoxy) is 2. The number of amides is 3.